The maximum atomic E-state index is 13.0. The predicted octanol–water partition coefficient (Wildman–Crippen LogP) is 5.27. The number of hydrogen-bond donors (Lipinski definition) is 2. The SMILES string of the molecule is COC(=O)c1c(NC(=O)c2ccc(C)cc2)sc(C(=O)Nc2cc(C)ccc2C)c1C. The van der Waals surface area contributed by atoms with Crippen LogP contribution in [-0.4, -0.2) is 24.9 Å². The summed E-state index contributed by atoms with van der Waals surface area (Å²) < 4.78 is 4.89. The fourth-order valence-corrected chi connectivity index (χ4v) is 4.18. The number of nitrogens with one attached hydrogen (secondary N) is 2. The second-order valence-electron chi connectivity index (χ2n) is 7.34. The molecule has 0 bridgehead atoms. The van der Waals surface area contributed by atoms with Gasteiger partial charge in [-0.25, -0.2) is 4.79 Å². The molecule has 0 aliphatic carbocycles. The van der Waals surface area contributed by atoms with Crippen LogP contribution >= 0.6 is 11.3 Å². The van der Waals surface area contributed by atoms with Crippen LogP contribution in [0.2, 0.25) is 0 Å². The van der Waals surface area contributed by atoms with Gasteiger partial charge in [0.2, 0.25) is 0 Å². The highest BCUT2D eigenvalue weighted by molar-refractivity contribution is 7.19. The third-order valence-corrected chi connectivity index (χ3v) is 6.13. The fourth-order valence-electron chi connectivity index (χ4n) is 3.10. The van der Waals surface area contributed by atoms with Crippen molar-refractivity contribution < 1.29 is 19.1 Å². The van der Waals surface area contributed by atoms with Crippen molar-refractivity contribution in [2.75, 3.05) is 17.7 Å². The first-order valence-electron chi connectivity index (χ1n) is 9.69. The van der Waals surface area contributed by atoms with E-state index in [-0.39, 0.29) is 22.4 Å². The van der Waals surface area contributed by atoms with E-state index in [2.05, 4.69) is 10.6 Å². The molecular weight excluding hydrogens is 412 g/mol. The summed E-state index contributed by atoms with van der Waals surface area (Å²) in [5.41, 5.74) is 4.76. The van der Waals surface area contributed by atoms with Crippen LogP contribution in [0.15, 0.2) is 42.5 Å². The van der Waals surface area contributed by atoms with Crippen LogP contribution in [0.1, 0.15) is 52.6 Å². The van der Waals surface area contributed by atoms with Crippen molar-refractivity contribution in [2.24, 2.45) is 0 Å². The van der Waals surface area contributed by atoms with Gasteiger partial charge >= 0.3 is 5.97 Å². The van der Waals surface area contributed by atoms with Gasteiger partial charge in [-0.15, -0.1) is 11.3 Å². The van der Waals surface area contributed by atoms with E-state index >= 15 is 0 Å². The number of anilines is 2. The number of carbonyl (C=O) groups excluding carboxylic acids is 3. The van der Waals surface area contributed by atoms with Crippen molar-refractivity contribution in [3.63, 3.8) is 0 Å². The Bertz CT molecular complexity index is 1160. The van der Waals surface area contributed by atoms with Gasteiger partial charge in [0, 0.05) is 11.3 Å². The van der Waals surface area contributed by atoms with Gasteiger partial charge in [0.05, 0.1) is 17.6 Å². The van der Waals surface area contributed by atoms with Gasteiger partial charge < -0.3 is 15.4 Å². The van der Waals surface area contributed by atoms with Gasteiger partial charge in [0.15, 0.2) is 0 Å². The number of methoxy groups -OCH3 is 1. The molecule has 31 heavy (non-hydrogen) atoms. The van der Waals surface area contributed by atoms with Crippen LogP contribution in [-0.2, 0) is 4.74 Å². The van der Waals surface area contributed by atoms with Crippen molar-refractivity contribution in [1.29, 1.82) is 0 Å². The Morgan fingerprint density at radius 3 is 2.13 bits per heavy atom. The first-order valence-corrected chi connectivity index (χ1v) is 10.5. The first kappa shape index (κ1) is 22.2. The Morgan fingerprint density at radius 2 is 1.48 bits per heavy atom. The van der Waals surface area contributed by atoms with E-state index in [0.29, 0.717) is 21.7 Å². The minimum Gasteiger partial charge on any atom is -0.465 e. The molecule has 3 aromatic rings. The lowest BCUT2D eigenvalue weighted by molar-refractivity contribution is 0.0601. The van der Waals surface area contributed by atoms with E-state index in [0.717, 1.165) is 28.0 Å². The normalized spacial score (nSPS) is 10.5. The number of hydrogen-bond acceptors (Lipinski definition) is 5. The van der Waals surface area contributed by atoms with Crippen molar-refractivity contribution >= 4 is 39.8 Å². The van der Waals surface area contributed by atoms with Gasteiger partial charge in [-0.2, -0.15) is 0 Å². The molecule has 1 aromatic heterocycles. The Labute approximate surface area is 185 Å². The maximum Gasteiger partial charge on any atom is 0.341 e. The monoisotopic (exact) mass is 436 g/mol. The molecule has 0 spiro atoms. The Kier molecular flexibility index (Phi) is 6.56. The third kappa shape index (κ3) is 4.83. The molecule has 3 rings (SSSR count). The van der Waals surface area contributed by atoms with Gasteiger partial charge in [-0.3, -0.25) is 9.59 Å². The van der Waals surface area contributed by atoms with Gasteiger partial charge in [-0.1, -0.05) is 29.8 Å². The summed E-state index contributed by atoms with van der Waals surface area (Å²) in [6.07, 6.45) is 0. The molecular formula is C24H24N2O4S. The van der Waals surface area contributed by atoms with E-state index < -0.39 is 5.97 Å². The summed E-state index contributed by atoms with van der Waals surface area (Å²) in [4.78, 5) is 38.4. The standard InChI is InChI=1S/C24H24N2O4S/c1-13-7-10-17(11-8-13)21(27)26-23-19(24(29)30-5)16(4)20(31-23)22(28)25-18-12-14(2)6-9-15(18)3/h6-12H,1-5H3,(H,25,28)(H,26,27). The molecule has 7 heteroatoms. The lowest BCUT2D eigenvalue weighted by Gasteiger charge is -2.09. The first-order chi connectivity index (χ1) is 14.7. The van der Waals surface area contributed by atoms with Crippen molar-refractivity contribution in [3.8, 4) is 0 Å². The van der Waals surface area contributed by atoms with Gasteiger partial charge in [-0.05, 0) is 62.6 Å². The summed E-state index contributed by atoms with van der Waals surface area (Å²) in [7, 11) is 1.26. The molecule has 6 nitrogen and oxygen atoms in total. The fraction of sp³-hybridized carbons (Fsp3) is 0.208. The van der Waals surface area contributed by atoms with E-state index in [4.69, 9.17) is 4.74 Å². The highest BCUT2D eigenvalue weighted by atomic mass is 32.1. The number of carbonyl (C=O) groups is 3. The van der Waals surface area contributed by atoms with Crippen LogP contribution in [0.25, 0.3) is 0 Å². The largest absolute Gasteiger partial charge is 0.465 e. The summed E-state index contributed by atoms with van der Waals surface area (Å²) in [5, 5.41) is 5.94. The van der Waals surface area contributed by atoms with Gasteiger partial charge in [0.1, 0.15) is 5.00 Å². The summed E-state index contributed by atoms with van der Waals surface area (Å²) in [6.45, 7) is 7.45. The molecule has 2 aromatic carbocycles. The molecule has 0 radical (unpaired) electrons. The topological polar surface area (TPSA) is 84.5 Å². The van der Waals surface area contributed by atoms with Crippen LogP contribution in [0.4, 0.5) is 10.7 Å². The molecule has 0 saturated carbocycles. The second-order valence-corrected chi connectivity index (χ2v) is 8.37. The lowest BCUT2D eigenvalue weighted by atomic mass is 10.1. The van der Waals surface area contributed by atoms with E-state index in [1.54, 1.807) is 19.1 Å². The highest BCUT2D eigenvalue weighted by Crippen LogP contribution is 2.35. The Morgan fingerprint density at radius 1 is 0.839 bits per heavy atom. The van der Waals surface area contributed by atoms with Crippen LogP contribution in [0.5, 0.6) is 0 Å². The maximum absolute atomic E-state index is 13.0. The predicted molar refractivity (Wildman–Crippen MR) is 123 cm³/mol. The Balaban J connectivity index is 1.95. The molecule has 0 aliphatic heterocycles. The molecule has 0 atom stereocenters. The summed E-state index contributed by atoms with van der Waals surface area (Å²) in [5.74, 6) is -1.33. The Hall–Kier alpha value is -3.45. The minimum absolute atomic E-state index is 0.180. The number of aryl methyl sites for hydroxylation is 3. The number of amides is 2. The molecule has 0 saturated heterocycles. The van der Waals surface area contributed by atoms with E-state index in [1.807, 2.05) is 51.1 Å². The molecule has 0 fully saturated rings. The number of esters is 1. The molecule has 2 N–H and O–H groups in total. The number of rotatable bonds is 5. The zero-order chi connectivity index (χ0) is 22.7. The zero-order valence-corrected chi connectivity index (χ0v) is 18.9. The molecule has 1 heterocycles. The quantitative estimate of drug-likeness (QED) is 0.534. The summed E-state index contributed by atoms with van der Waals surface area (Å²) in [6, 6.07) is 12.9. The summed E-state index contributed by atoms with van der Waals surface area (Å²) >= 11 is 1.05. The average Bonchev–Trinajstić information content (AvgIpc) is 3.06. The van der Waals surface area contributed by atoms with Crippen LogP contribution < -0.4 is 10.6 Å². The number of thiophene rings is 1. The lowest BCUT2D eigenvalue weighted by Crippen LogP contribution is -2.14. The van der Waals surface area contributed by atoms with E-state index in [1.165, 1.54) is 7.11 Å². The second kappa shape index (κ2) is 9.14. The van der Waals surface area contributed by atoms with Crippen molar-refractivity contribution in [3.05, 3.63) is 80.7 Å². The molecule has 2 amide bonds. The number of benzene rings is 2. The van der Waals surface area contributed by atoms with E-state index in [9.17, 15) is 14.4 Å². The molecule has 0 unspecified atom stereocenters. The van der Waals surface area contributed by atoms with Crippen molar-refractivity contribution in [2.45, 2.75) is 27.7 Å². The minimum atomic E-state index is -0.612. The highest BCUT2D eigenvalue weighted by Gasteiger charge is 2.27. The third-order valence-electron chi connectivity index (χ3n) is 4.92. The van der Waals surface area contributed by atoms with Crippen LogP contribution in [0.3, 0.4) is 0 Å². The smallest absolute Gasteiger partial charge is 0.341 e. The molecule has 0 aliphatic rings. The van der Waals surface area contributed by atoms with Crippen molar-refractivity contribution in [1.82, 2.24) is 0 Å². The zero-order valence-electron chi connectivity index (χ0n) is 18.1. The van der Waals surface area contributed by atoms with Gasteiger partial charge in [0.25, 0.3) is 11.8 Å². The average molecular weight is 437 g/mol. The number of ether oxygens (including phenoxy) is 1. The van der Waals surface area contributed by atoms with Crippen LogP contribution in [0, 0.1) is 27.7 Å². The molecule has 160 valence electrons.